The second kappa shape index (κ2) is 7.79. The summed E-state index contributed by atoms with van der Waals surface area (Å²) in [4.78, 5) is 23.3. The zero-order valence-electron chi connectivity index (χ0n) is 12.4. The van der Waals surface area contributed by atoms with Gasteiger partial charge in [0.05, 0.1) is 5.56 Å². The van der Waals surface area contributed by atoms with E-state index >= 15 is 0 Å². The highest BCUT2D eigenvalue weighted by molar-refractivity contribution is 6.11. The van der Waals surface area contributed by atoms with Crippen LogP contribution in [0, 0.1) is 0 Å². The van der Waals surface area contributed by atoms with E-state index in [1.165, 1.54) is 12.1 Å². The number of carbonyl (C=O) groups is 2. The number of phenols is 1. The lowest BCUT2D eigenvalue weighted by molar-refractivity contribution is -0.138. The first-order chi connectivity index (χ1) is 11.1. The Bertz CT molecular complexity index is 707. The van der Waals surface area contributed by atoms with Crippen LogP contribution in [0.2, 0.25) is 0 Å². The van der Waals surface area contributed by atoms with Crippen LogP contribution in [-0.2, 0) is 9.53 Å². The third kappa shape index (κ3) is 4.20. The summed E-state index contributed by atoms with van der Waals surface area (Å²) in [6.45, 7) is 3.35. The average molecular weight is 312 g/mol. The fourth-order valence-corrected chi connectivity index (χ4v) is 1.92. The van der Waals surface area contributed by atoms with E-state index in [0.717, 1.165) is 6.08 Å². The highest BCUT2D eigenvalue weighted by Gasteiger charge is 2.16. The van der Waals surface area contributed by atoms with Gasteiger partial charge in [-0.1, -0.05) is 43.0 Å². The molecular formula is C18H16O5. The van der Waals surface area contributed by atoms with Crippen LogP contribution >= 0.6 is 0 Å². The molecule has 0 amide bonds. The number of esters is 1. The number of benzene rings is 2. The van der Waals surface area contributed by atoms with Crippen molar-refractivity contribution in [3.05, 3.63) is 72.3 Å². The van der Waals surface area contributed by atoms with Gasteiger partial charge in [0.2, 0.25) is 0 Å². The Morgan fingerprint density at radius 1 is 1.04 bits per heavy atom. The Hall–Kier alpha value is -3.08. The maximum absolute atomic E-state index is 12.4. The molecule has 0 bridgehead atoms. The van der Waals surface area contributed by atoms with E-state index in [9.17, 15) is 14.7 Å². The van der Waals surface area contributed by atoms with Gasteiger partial charge in [-0.05, 0) is 12.1 Å². The van der Waals surface area contributed by atoms with Gasteiger partial charge in [-0.3, -0.25) is 4.79 Å². The summed E-state index contributed by atoms with van der Waals surface area (Å²) in [6.07, 6.45) is 1.05. The second-order valence-electron chi connectivity index (χ2n) is 4.57. The predicted octanol–water partition coefficient (Wildman–Crippen LogP) is 2.73. The van der Waals surface area contributed by atoms with E-state index < -0.39 is 5.97 Å². The molecule has 5 nitrogen and oxygen atoms in total. The maximum Gasteiger partial charge on any atom is 0.330 e. The Morgan fingerprint density at radius 3 is 2.48 bits per heavy atom. The van der Waals surface area contributed by atoms with Crippen molar-refractivity contribution in [3.63, 3.8) is 0 Å². The third-order valence-corrected chi connectivity index (χ3v) is 3.03. The van der Waals surface area contributed by atoms with Gasteiger partial charge in [0.25, 0.3) is 0 Å². The number of phenolic OH excluding ortho intramolecular Hbond substituents is 1. The van der Waals surface area contributed by atoms with E-state index in [0.29, 0.717) is 5.56 Å². The summed E-state index contributed by atoms with van der Waals surface area (Å²) >= 11 is 0. The van der Waals surface area contributed by atoms with Crippen molar-refractivity contribution in [1.29, 1.82) is 0 Å². The van der Waals surface area contributed by atoms with E-state index in [1.54, 1.807) is 36.4 Å². The summed E-state index contributed by atoms with van der Waals surface area (Å²) in [5.41, 5.74) is 0.622. The molecule has 0 fully saturated rings. The lowest BCUT2D eigenvalue weighted by atomic mass is 10.0. The quantitative estimate of drug-likeness (QED) is 0.368. The number of rotatable bonds is 7. The SMILES string of the molecule is C=CC(=O)OCCOc1cccc(C(=O)c2ccccc2)c1O. The lowest BCUT2D eigenvalue weighted by Crippen LogP contribution is -2.10. The first-order valence-electron chi connectivity index (χ1n) is 6.97. The zero-order chi connectivity index (χ0) is 16.7. The van der Waals surface area contributed by atoms with Crippen molar-refractivity contribution in [2.45, 2.75) is 0 Å². The van der Waals surface area contributed by atoms with Crippen LogP contribution in [0.3, 0.4) is 0 Å². The molecule has 2 aromatic rings. The topological polar surface area (TPSA) is 72.8 Å². The van der Waals surface area contributed by atoms with Gasteiger partial charge >= 0.3 is 5.97 Å². The van der Waals surface area contributed by atoms with E-state index in [2.05, 4.69) is 6.58 Å². The van der Waals surface area contributed by atoms with Gasteiger partial charge in [-0.2, -0.15) is 0 Å². The summed E-state index contributed by atoms with van der Waals surface area (Å²) in [5.74, 6) is -0.935. The maximum atomic E-state index is 12.4. The smallest absolute Gasteiger partial charge is 0.330 e. The van der Waals surface area contributed by atoms with Crippen molar-refractivity contribution in [2.24, 2.45) is 0 Å². The molecule has 23 heavy (non-hydrogen) atoms. The number of aromatic hydroxyl groups is 1. The second-order valence-corrected chi connectivity index (χ2v) is 4.57. The Kier molecular flexibility index (Phi) is 5.52. The van der Waals surface area contributed by atoms with Gasteiger partial charge in [-0.25, -0.2) is 4.79 Å². The van der Waals surface area contributed by atoms with Crippen LogP contribution in [-0.4, -0.2) is 30.1 Å². The van der Waals surface area contributed by atoms with E-state index in [4.69, 9.17) is 9.47 Å². The molecule has 0 saturated carbocycles. The molecular weight excluding hydrogens is 296 g/mol. The molecule has 0 saturated heterocycles. The molecule has 2 rings (SSSR count). The normalized spacial score (nSPS) is 9.91. The minimum absolute atomic E-state index is 0.0150. The molecule has 0 aliphatic rings. The van der Waals surface area contributed by atoms with Crippen LogP contribution in [0.4, 0.5) is 0 Å². The predicted molar refractivity (Wildman–Crippen MR) is 84.6 cm³/mol. The molecule has 0 atom stereocenters. The largest absolute Gasteiger partial charge is 0.504 e. The molecule has 0 heterocycles. The van der Waals surface area contributed by atoms with E-state index in [1.807, 2.05) is 0 Å². The number of hydrogen-bond acceptors (Lipinski definition) is 5. The Morgan fingerprint density at radius 2 is 1.78 bits per heavy atom. The molecule has 5 heteroatoms. The molecule has 0 aliphatic heterocycles. The van der Waals surface area contributed by atoms with Gasteiger partial charge in [0.1, 0.15) is 13.2 Å². The first kappa shape index (κ1) is 16.3. The van der Waals surface area contributed by atoms with E-state index in [-0.39, 0.29) is 36.1 Å². The Labute approximate surface area is 133 Å². The standard InChI is InChI=1S/C18H16O5/c1-2-16(19)23-12-11-22-15-10-6-9-14(18(15)21)17(20)13-7-4-3-5-8-13/h2-10,21H,1,11-12H2. The zero-order valence-corrected chi connectivity index (χ0v) is 12.4. The molecule has 0 radical (unpaired) electrons. The Balaban J connectivity index is 2.08. The monoisotopic (exact) mass is 312 g/mol. The highest BCUT2D eigenvalue weighted by atomic mass is 16.6. The first-order valence-corrected chi connectivity index (χ1v) is 6.97. The van der Waals surface area contributed by atoms with Gasteiger partial charge < -0.3 is 14.6 Å². The van der Waals surface area contributed by atoms with Crippen molar-refractivity contribution < 1.29 is 24.2 Å². The molecule has 0 aromatic heterocycles. The number of ether oxygens (including phenoxy) is 2. The van der Waals surface area contributed by atoms with Crippen LogP contribution in [0.15, 0.2) is 61.2 Å². The minimum atomic E-state index is -0.550. The summed E-state index contributed by atoms with van der Waals surface area (Å²) in [7, 11) is 0. The summed E-state index contributed by atoms with van der Waals surface area (Å²) in [5, 5.41) is 10.2. The number of ketones is 1. The van der Waals surface area contributed by atoms with Crippen molar-refractivity contribution >= 4 is 11.8 Å². The molecule has 0 spiro atoms. The molecule has 2 aromatic carbocycles. The third-order valence-electron chi connectivity index (χ3n) is 3.03. The molecule has 0 aliphatic carbocycles. The molecule has 1 N–H and O–H groups in total. The van der Waals surface area contributed by atoms with Crippen LogP contribution < -0.4 is 4.74 Å². The minimum Gasteiger partial charge on any atom is -0.504 e. The van der Waals surface area contributed by atoms with Gasteiger partial charge in [0, 0.05) is 11.6 Å². The van der Waals surface area contributed by atoms with Gasteiger partial charge in [0.15, 0.2) is 17.3 Å². The van der Waals surface area contributed by atoms with Crippen LogP contribution in [0.1, 0.15) is 15.9 Å². The molecule has 0 unspecified atom stereocenters. The number of hydrogen-bond donors (Lipinski definition) is 1. The van der Waals surface area contributed by atoms with Crippen molar-refractivity contribution in [2.75, 3.05) is 13.2 Å². The fraction of sp³-hybridized carbons (Fsp3) is 0.111. The molecule has 118 valence electrons. The fourth-order valence-electron chi connectivity index (χ4n) is 1.92. The van der Waals surface area contributed by atoms with Crippen LogP contribution in [0.5, 0.6) is 11.5 Å². The van der Waals surface area contributed by atoms with Crippen molar-refractivity contribution in [1.82, 2.24) is 0 Å². The lowest BCUT2D eigenvalue weighted by Gasteiger charge is -2.11. The number of para-hydroxylation sites is 1. The average Bonchev–Trinajstić information content (AvgIpc) is 2.60. The summed E-state index contributed by atoms with van der Waals surface area (Å²) in [6, 6.07) is 13.3. The number of carbonyl (C=O) groups excluding carboxylic acids is 2. The summed E-state index contributed by atoms with van der Waals surface area (Å²) < 4.78 is 10.1. The van der Waals surface area contributed by atoms with Gasteiger partial charge in [-0.15, -0.1) is 0 Å². The van der Waals surface area contributed by atoms with Crippen LogP contribution in [0.25, 0.3) is 0 Å². The highest BCUT2D eigenvalue weighted by Crippen LogP contribution is 2.31. The van der Waals surface area contributed by atoms with Crippen molar-refractivity contribution in [3.8, 4) is 11.5 Å².